The second kappa shape index (κ2) is 8.81. The first-order valence-electron chi connectivity index (χ1n) is 6.80. The fourth-order valence-electron chi connectivity index (χ4n) is 1.98. The minimum absolute atomic E-state index is 0.166. The molecule has 1 N–H and O–H groups in total. The second-order valence-corrected chi connectivity index (χ2v) is 6.97. The van der Waals surface area contributed by atoms with Crippen molar-refractivity contribution in [3.63, 3.8) is 0 Å². The van der Waals surface area contributed by atoms with Crippen molar-refractivity contribution in [2.75, 3.05) is 19.4 Å². The predicted molar refractivity (Wildman–Crippen MR) is 80.1 cm³/mol. The van der Waals surface area contributed by atoms with Gasteiger partial charge in [-0.15, -0.1) is 0 Å². The van der Waals surface area contributed by atoms with Crippen LogP contribution in [0.15, 0.2) is 0 Å². The lowest BCUT2D eigenvalue weighted by Crippen LogP contribution is -2.51. The van der Waals surface area contributed by atoms with Crippen LogP contribution in [0.5, 0.6) is 0 Å². The Labute approximate surface area is 116 Å². The van der Waals surface area contributed by atoms with E-state index < -0.39 is 5.54 Å². The van der Waals surface area contributed by atoms with E-state index in [9.17, 15) is 4.79 Å². The summed E-state index contributed by atoms with van der Waals surface area (Å²) < 4.78 is 4.90. The molecule has 0 aliphatic heterocycles. The third kappa shape index (κ3) is 6.64. The highest BCUT2D eigenvalue weighted by molar-refractivity contribution is 7.99. The summed E-state index contributed by atoms with van der Waals surface area (Å²) in [7, 11) is 1.45. The van der Waals surface area contributed by atoms with Crippen LogP contribution in [0.2, 0.25) is 0 Å². The van der Waals surface area contributed by atoms with Crippen molar-refractivity contribution in [2.45, 2.75) is 58.2 Å². The fourth-order valence-corrected chi connectivity index (χ4v) is 3.44. The number of carbonyl (C=O) groups excluding carboxylic acids is 1. The molecule has 3 nitrogen and oxygen atoms in total. The number of thioether (sulfide) groups is 1. The number of nitrogens with one attached hydrogen (secondary N) is 1. The molecule has 0 saturated carbocycles. The summed E-state index contributed by atoms with van der Waals surface area (Å²) in [6, 6.07) is 0. The summed E-state index contributed by atoms with van der Waals surface area (Å²) in [5.41, 5.74) is -0.562. The third-order valence-electron chi connectivity index (χ3n) is 3.00. The summed E-state index contributed by atoms with van der Waals surface area (Å²) in [4.78, 5) is 11.8. The van der Waals surface area contributed by atoms with Gasteiger partial charge in [-0.05, 0) is 38.0 Å². The zero-order chi connectivity index (χ0) is 14.2. The fraction of sp³-hybridized carbons (Fsp3) is 0.929. The van der Waals surface area contributed by atoms with E-state index in [0.29, 0.717) is 5.25 Å². The van der Waals surface area contributed by atoms with Gasteiger partial charge in [-0.25, -0.2) is 0 Å². The van der Waals surface area contributed by atoms with Crippen molar-refractivity contribution in [3.05, 3.63) is 0 Å². The molecule has 0 aromatic rings. The van der Waals surface area contributed by atoms with Crippen LogP contribution in [0, 0.1) is 5.92 Å². The number of likely N-dealkylation sites (N-methyl/N-ethyl adjacent to an activating group) is 1. The largest absolute Gasteiger partial charge is 0.468 e. The number of esters is 1. The van der Waals surface area contributed by atoms with Crippen molar-refractivity contribution >= 4 is 17.7 Å². The Morgan fingerprint density at radius 1 is 1.39 bits per heavy atom. The first kappa shape index (κ1) is 17.8. The van der Waals surface area contributed by atoms with Crippen molar-refractivity contribution < 1.29 is 9.53 Å². The summed E-state index contributed by atoms with van der Waals surface area (Å²) >= 11 is 1.94. The molecular formula is C14H29NO2S. The number of methoxy groups -OCH3 is 1. The Morgan fingerprint density at radius 3 is 2.44 bits per heavy atom. The summed E-state index contributed by atoms with van der Waals surface area (Å²) in [5, 5.41) is 3.70. The molecule has 108 valence electrons. The minimum Gasteiger partial charge on any atom is -0.468 e. The van der Waals surface area contributed by atoms with E-state index in [4.69, 9.17) is 4.74 Å². The average molecular weight is 275 g/mol. The maximum Gasteiger partial charge on any atom is 0.325 e. The Bertz CT molecular complexity index is 246. The Kier molecular flexibility index (Phi) is 8.70. The number of ether oxygens (including phenoxy) is 1. The molecule has 0 aromatic carbocycles. The van der Waals surface area contributed by atoms with E-state index in [0.717, 1.165) is 24.6 Å². The molecule has 0 aliphatic rings. The molecule has 0 radical (unpaired) electrons. The smallest absolute Gasteiger partial charge is 0.325 e. The Hall–Kier alpha value is -0.220. The van der Waals surface area contributed by atoms with Gasteiger partial charge in [0, 0.05) is 5.25 Å². The van der Waals surface area contributed by atoms with Gasteiger partial charge in [-0.3, -0.25) is 4.79 Å². The highest BCUT2D eigenvalue weighted by atomic mass is 32.2. The molecule has 0 heterocycles. The van der Waals surface area contributed by atoms with Gasteiger partial charge < -0.3 is 10.1 Å². The predicted octanol–water partition coefficient (Wildman–Crippen LogP) is 3.09. The monoisotopic (exact) mass is 275 g/mol. The molecule has 0 bridgehead atoms. The molecular weight excluding hydrogens is 246 g/mol. The summed E-state index contributed by atoms with van der Waals surface area (Å²) in [6.45, 7) is 11.4. The van der Waals surface area contributed by atoms with E-state index in [-0.39, 0.29) is 5.97 Å². The number of hydrogen-bond donors (Lipinski definition) is 1. The van der Waals surface area contributed by atoms with Crippen molar-refractivity contribution in [3.8, 4) is 0 Å². The van der Waals surface area contributed by atoms with Crippen molar-refractivity contribution in [1.29, 1.82) is 0 Å². The molecule has 0 fully saturated rings. The minimum atomic E-state index is -0.562. The first-order chi connectivity index (χ1) is 8.35. The van der Waals surface area contributed by atoms with Gasteiger partial charge in [-0.1, -0.05) is 27.7 Å². The zero-order valence-corrected chi connectivity index (χ0v) is 13.5. The number of hydrogen-bond acceptors (Lipinski definition) is 4. The van der Waals surface area contributed by atoms with Gasteiger partial charge in [0.15, 0.2) is 0 Å². The molecule has 0 aliphatic carbocycles. The van der Waals surface area contributed by atoms with E-state index in [1.165, 1.54) is 13.5 Å². The van der Waals surface area contributed by atoms with E-state index in [1.54, 1.807) is 0 Å². The topological polar surface area (TPSA) is 38.3 Å². The highest BCUT2D eigenvalue weighted by Crippen LogP contribution is 2.24. The van der Waals surface area contributed by atoms with Gasteiger partial charge >= 0.3 is 5.97 Å². The van der Waals surface area contributed by atoms with Crippen LogP contribution in [0.25, 0.3) is 0 Å². The number of carbonyl (C=O) groups is 1. The SMILES string of the molecule is CCNC(C)(CC(C)SCCC(C)C)C(=O)OC. The third-order valence-corrected chi connectivity index (χ3v) is 4.20. The molecule has 2 atom stereocenters. The van der Waals surface area contributed by atoms with Crippen LogP contribution in [0.3, 0.4) is 0 Å². The van der Waals surface area contributed by atoms with Crippen molar-refractivity contribution in [2.24, 2.45) is 5.92 Å². The Morgan fingerprint density at radius 2 is 2.00 bits per heavy atom. The lowest BCUT2D eigenvalue weighted by molar-refractivity contribution is -0.148. The lowest BCUT2D eigenvalue weighted by atomic mass is 9.96. The zero-order valence-electron chi connectivity index (χ0n) is 12.7. The normalized spacial score (nSPS) is 16.4. The van der Waals surface area contributed by atoms with Crippen LogP contribution in [0.1, 0.15) is 47.5 Å². The molecule has 18 heavy (non-hydrogen) atoms. The molecule has 4 heteroatoms. The van der Waals surface area contributed by atoms with E-state index in [1.807, 2.05) is 25.6 Å². The summed E-state index contributed by atoms with van der Waals surface area (Å²) in [5.74, 6) is 1.73. The summed E-state index contributed by atoms with van der Waals surface area (Å²) in [6.07, 6.45) is 2.03. The van der Waals surface area contributed by atoms with Gasteiger partial charge in [0.05, 0.1) is 7.11 Å². The van der Waals surface area contributed by atoms with Gasteiger partial charge in [0.1, 0.15) is 5.54 Å². The van der Waals surface area contributed by atoms with E-state index >= 15 is 0 Å². The molecule has 0 aromatic heterocycles. The maximum absolute atomic E-state index is 11.8. The Balaban J connectivity index is 4.27. The molecule has 0 saturated heterocycles. The maximum atomic E-state index is 11.8. The van der Waals surface area contributed by atoms with Crippen LogP contribution in [0.4, 0.5) is 0 Å². The van der Waals surface area contributed by atoms with Gasteiger partial charge in [-0.2, -0.15) is 11.8 Å². The number of rotatable bonds is 9. The van der Waals surface area contributed by atoms with Gasteiger partial charge in [0.2, 0.25) is 0 Å². The molecule has 0 rings (SSSR count). The van der Waals surface area contributed by atoms with Crippen LogP contribution in [-0.4, -0.2) is 36.2 Å². The molecule has 2 unspecified atom stereocenters. The lowest BCUT2D eigenvalue weighted by Gasteiger charge is -2.30. The first-order valence-corrected chi connectivity index (χ1v) is 7.85. The van der Waals surface area contributed by atoms with Crippen LogP contribution < -0.4 is 5.32 Å². The highest BCUT2D eigenvalue weighted by Gasteiger charge is 2.34. The van der Waals surface area contributed by atoms with Gasteiger partial charge in [0.25, 0.3) is 0 Å². The van der Waals surface area contributed by atoms with Crippen molar-refractivity contribution in [1.82, 2.24) is 5.32 Å². The standard InChI is InChI=1S/C14H29NO2S/c1-7-15-14(5,13(16)17-6)10-12(4)18-9-8-11(2)3/h11-12,15H,7-10H2,1-6H3. The van der Waals surface area contributed by atoms with Crippen LogP contribution >= 0.6 is 11.8 Å². The molecule has 0 spiro atoms. The quantitative estimate of drug-likeness (QED) is 0.656. The molecule has 0 amide bonds. The average Bonchev–Trinajstić information content (AvgIpc) is 2.27. The van der Waals surface area contributed by atoms with E-state index in [2.05, 4.69) is 26.1 Å². The second-order valence-electron chi connectivity index (χ2n) is 5.42. The van der Waals surface area contributed by atoms with Crippen LogP contribution in [-0.2, 0) is 9.53 Å².